The van der Waals surface area contributed by atoms with Gasteiger partial charge in [0.1, 0.15) is 5.76 Å². The Morgan fingerprint density at radius 3 is 2.70 bits per heavy atom. The van der Waals surface area contributed by atoms with Crippen molar-refractivity contribution in [1.82, 2.24) is 0 Å². The van der Waals surface area contributed by atoms with Crippen molar-refractivity contribution >= 4 is 16.1 Å². The minimum Gasteiger partial charge on any atom is -0.466 e. The van der Waals surface area contributed by atoms with Gasteiger partial charge in [-0.2, -0.15) is 21.6 Å². The van der Waals surface area contributed by atoms with Gasteiger partial charge in [-0.15, -0.1) is 0 Å². The third kappa shape index (κ3) is 4.40. The van der Waals surface area contributed by atoms with Crippen molar-refractivity contribution in [3.8, 4) is 0 Å². The Morgan fingerprint density at radius 2 is 2.00 bits per heavy atom. The van der Waals surface area contributed by atoms with E-state index in [-0.39, 0.29) is 29.5 Å². The third-order valence-corrected chi connectivity index (χ3v) is 8.67. The number of esters is 1. The molecule has 3 aliphatic carbocycles. The highest BCUT2D eigenvalue weighted by molar-refractivity contribution is 7.87. The van der Waals surface area contributed by atoms with Crippen LogP contribution in [0.2, 0.25) is 0 Å². The van der Waals surface area contributed by atoms with Crippen molar-refractivity contribution in [2.75, 3.05) is 6.61 Å². The van der Waals surface area contributed by atoms with E-state index in [0.717, 1.165) is 24.8 Å². The van der Waals surface area contributed by atoms with Crippen LogP contribution in [0.4, 0.5) is 13.2 Å². The summed E-state index contributed by atoms with van der Waals surface area (Å²) in [5, 5.41) is 0. The zero-order chi connectivity index (χ0) is 24.0. The molecule has 1 saturated carbocycles. The number of hydrogen-bond donors (Lipinski definition) is 0. The second-order valence-electron chi connectivity index (χ2n) is 9.50. The van der Waals surface area contributed by atoms with Crippen LogP contribution in [0.5, 0.6) is 0 Å². The summed E-state index contributed by atoms with van der Waals surface area (Å²) in [6, 6.07) is 6.34. The highest BCUT2D eigenvalue weighted by Gasteiger charge is 2.56. The molecule has 0 saturated heterocycles. The van der Waals surface area contributed by atoms with Crippen LogP contribution in [0, 0.1) is 17.3 Å². The minimum atomic E-state index is -5.67. The molecule has 33 heavy (non-hydrogen) atoms. The van der Waals surface area contributed by atoms with E-state index in [2.05, 4.69) is 16.3 Å². The number of carbonyl (C=O) groups is 1. The molecule has 5 nitrogen and oxygen atoms in total. The van der Waals surface area contributed by atoms with Crippen molar-refractivity contribution in [2.24, 2.45) is 17.3 Å². The molecule has 0 N–H and O–H groups in total. The smallest absolute Gasteiger partial charge is 0.466 e. The Balaban J connectivity index is 1.49. The van der Waals surface area contributed by atoms with Crippen LogP contribution in [0.15, 0.2) is 30.0 Å². The molecule has 1 aromatic rings. The van der Waals surface area contributed by atoms with Crippen LogP contribution < -0.4 is 0 Å². The van der Waals surface area contributed by atoms with E-state index < -0.39 is 21.0 Å². The molecule has 0 aromatic heterocycles. The quantitative estimate of drug-likeness (QED) is 0.306. The van der Waals surface area contributed by atoms with E-state index in [4.69, 9.17) is 4.74 Å². The SMILES string of the molecule is CCOC(=O)CCc1ccc2c(c1)CCC1C2CC[C@]2(C)C(OS(=O)(=O)C(F)(F)F)=CCC12. The van der Waals surface area contributed by atoms with Crippen LogP contribution in [0.3, 0.4) is 0 Å². The standard InChI is InChI=1S/C24H29F3O5S/c1-3-31-22(28)11-5-15-4-7-17-16(14-15)6-8-19-18(17)12-13-23(2)20(19)9-10-21(23)32-33(29,30)24(25,26)27/h4,7,10,14,18-20H,3,5-6,8-9,11-13H2,1-2H3/t18?,19?,20?,23-/m0/s1. The lowest BCUT2D eigenvalue weighted by Gasteiger charge is -2.49. The number of benzene rings is 1. The van der Waals surface area contributed by atoms with Gasteiger partial charge in [0.05, 0.1) is 6.61 Å². The predicted molar refractivity (Wildman–Crippen MR) is 116 cm³/mol. The molecule has 1 fully saturated rings. The first-order valence-corrected chi connectivity index (χ1v) is 12.9. The number of ether oxygens (including phenoxy) is 1. The van der Waals surface area contributed by atoms with E-state index in [0.29, 0.717) is 32.3 Å². The Bertz CT molecular complexity index is 1060. The molecule has 0 bridgehead atoms. The second-order valence-corrected chi connectivity index (χ2v) is 11.0. The number of carbonyl (C=O) groups excluding carboxylic acids is 1. The zero-order valence-electron chi connectivity index (χ0n) is 18.8. The number of allylic oxidation sites excluding steroid dienone is 2. The number of aryl methyl sites for hydroxylation is 2. The lowest BCUT2D eigenvalue weighted by molar-refractivity contribution is -0.143. The summed E-state index contributed by atoms with van der Waals surface area (Å²) in [5.41, 5.74) is -2.52. The fourth-order valence-electron chi connectivity index (χ4n) is 6.09. The number of alkyl halides is 3. The average Bonchev–Trinajstić information content (AvgIpc) is 3.07. The molecule has 0 heterocycles. The monoisotopic (exact) mass is 486 g/mol. The van der Waals surface area contributed by atoms with Gasteiger partial charge >= 0.3 is 21.6 Å². The highest BCUT2D eigenvalue weighted by atomic mass is 32.2. The molecule has 0 radical (unpaired) electrons. The maximum absolute atomic E-state index is 12.9. The van der Waals surface area contributed by atoms with E-state index in [1.807, 2.05) is 13.0 Å². The lowest BCUT2D eigenvalue weighted by Crippen LogP contribution is -2.42. The van der Waals surface area contributed by atoms with Gasteiger partial charge < -0.3 is 8.92 Å². The molecule has 182 valence electrons. The highest BCUT2D eigenvalue weighted by Crippen LogP contribution is 2.61. The fraction of sp³-hybridized carbons (Fsp3) is 0.625. The minimum absolute atomic E-state index is 0.0475. The maximum Gasteiger partial charge on any atom is 0.534 e. The van der Waals surface area contributed by atoms with Gasteiger partial charge in [-0.3, -0.25) is 4.79 Å². The zero-order valence-corrected chi connectivity index (χ0v) is 19.6. The lowest BCUT2D eigenvalue weighted by atomic mass is 9.55. The Hall–Kier alpha value is -2.03. The topological polar surface area (TPSA) is 69.7 Å². The third-order valence-electron chi connectivity index (χ3n) is 7.71. The molecule has 3 aliphatic rings. The van der Waals surface area contributed by atoms with Crippen molar-refractivity contribution in [1.29, 1.82) is 0 Å². The number of fused-ring (bicyclic) bond motifs is 5. The van der Waals surface area contributed by atoms with Gasteiger partial charge in [-0.1, -0.05) is 25.1 Å². The molecule has 4 atom stereocenters. The van der Waals surface area contributed by atoms with Crippen molar-refractivity contribution in [2.45, 2.75) is 70.2 Å². The van der Waals surface area contributed by atoms with Gasteiger partial charge in [-0.25, -0.2) is 0 Å². The predicted octanol–water partition coefficient (Wildman–Crippen LogP) is 5.40. The van der Waals surface area contributed by atoms with Gasteiger partial charge in [0.15, 0.2) is 0 Å². The van der Waals surface area contributed by atoms with Crippen molar-refractivity contribution in [3.05, 3.63) is 46.7 Å². The van der Waals surface area contributed by atoms with Crippen LogP contribution in [-0.2, 0) is 36.7 Å². The van der Waals surface area contributed by atoms with Crippen LogP contribution in [-0.4, -0.2) is 26.5 Å². The summed E-state index contributed by atoms with van der Waals surface area (Å²) < 4.78 is 71.5. The van der Waals surface area contributed by atoms with Crippen molar-refractivity contribution in [3.63, 3.8) is 0 Å². The van der Waals surface area contributed by atoms with Gasteiger partial charge in [0.25, 0.3) is 0 Å². The summed E-state index contributed by atoms with van der Waals surface area (Å²) in [6.45, 7) is 4.00. The normalized spacial score (nSPS) is 28.9. The fourth-order valence-corrected chi connectivity index (χ4v) is 6.68. The summed E-state index contributed by atoms with van der Waals surface area (Å²) >= 11 is 0. The molecule has 0 spiro atoms. The van der Waals surface area contributed by atoms with Crippen LogP contribution >= 0.6 is 0 Å². The summed E-state index contributed by atoms with van der Waals surface area (Å²) in [6.07, 6.45) is 6.12. The van der Waals surface area contributed by atoms with Crippen molar-refractivity contribution < 1.29 is 35.3 Å². The maximum atomic E-state index is 12.9. The molecular weight excluding hydrogens is 457 g/mol. The summed E-state index contributed by atoms with van der Waals surface area (Å²) in [4.78, 5) is 11.7. The van der Waals surface area contributed by atoms with E-state index >= 15 is 0 Å². The summed E-state index contributed by atoms with van der Waals surface area (Å²) in [7, 11) is -5.67. The number of rotatable bonds is 6. The molecule has 3 unspecified atom stereocenters. The number of halogens is 3. The molecule has 9 heteroatoms. The average molecular weight is 487 g/mol. The van der Waals surface area contributed by atoms with E-state index in [1.54, 1.807) is 13.0 Å². The Kier molecular flexibility index (Phi) is 6.31. The van der Waals surface area contributed by atoms with Gasteiger partial charge in [0, 0.05) is 11.8 Å². The van der Waals surface area contributed by atoms with Gasteiger partial charge in [0.2, 0.25) is 0 Å². The second kappa shape index (κ2) is 8.64. The van der Waals surface area contributed by atoms with E-state index in [9.17, 15) is 26.4 Å². The van der Waals surface area contributed by atoms with Gasteiger partial charge in [-0.05, 0) is 86.0 Å². The Morgan fingerprint density at radius 1 is 1.24 bits per heavy atom. The molecule has 4 rings (SSSR count). The van der Waals surface area contributed by atoms with E-state index in [1.165, 1.54) is 11.1 Å². The Labute approximate surface area is 192 Å². The first-order valence-electron chi connectivity index (χ1n) is 11.4. The summed E-state index contributed by atoms with van der Waals surface area (Å²) in [5.74, 6) is 0.335. The molecule has 1 aromatic carbocycles. The van der Waals surface area contributed by atoms with Crippen LogP contribution in [0.1, 0.15) is 68.6 Å². The largest absolute Gasteiger partial charge is 0.534 e. The molecule has 0 amide bonds. The first-order chi connectivity index (χ1) is 15.5. The molecule has 0 aliphatic heterocycles. The first kappa shape index (κ1) is 24.1. The molecular formula is C24H29F3O5S. The number of hydrogen-bond acceptors (Lipinski definition) is 5. The van der Waals surface area contributed by atoms with Crippen LogP contribution in [0.25, 0.3) is 0 Å².